The lowest BCUT2D eigenvalue weighted by Gasteiger charge is -2.18. The normalized spacial score (nSPS) is 12.5. The molecule has 0 spiro atoms. The summed E-state index contributed by atoms with van der Waals surface area (Å²) in [5, 5.41) is 12.2. The van der Waals surface area contributed by atoms with Crippen LogP contribution in [0.3, 0.4) is 0 Å². The first-order valence-corrected chi connectivity index (χ1v) is 6.37. The van der Waals surface area contributed by atoms with Gasteiger partial charge in [0.05, 0.1) is 11.8 Å². The van der Waals surface area contributed by atoms with Crippen LogP contribution < -0.4 is 15.8 Å². The van der Waals surface area contributed by atoms with Gasteiger partial charge in [0.25, 0.3) is 0 Å². The largest absolute Gasteiger partial charge is 0.473 e. The summed E-state index contributed by atoms with van der Waals surface area (Å²) in [4.78, 5) is 4.34. The Bertz CT molecular complexity index is 369. The van der Waals surface area contributed by atoms with Crippen LogP contribution >= 0.6 is 0 Å². The summed E-state index contributed by atoms with van der Waals surface area (Å²) in [6.07, 6.45) is 1.66. The van der Waals surface area contributed by atoms with Gasteiger partial charge < -0.3 is 20.9 Å². The molecular formula is C13H23N3O2. The highest BCUT2D eigenvalue weighted by molar-refractivity contribution is 5.53. The van der Waals surface area contributed by atoms with Crippen LogP contribution in [0.4, 0.5) is 11.5 Å². The second-order valence-electron chi connectivity index (χ2n) is 4.52. The van der Waals surface area contributed by atoms with Crippen LogP contribution in [-0.4, -0.2) is 28.8 Å². The monoisotopic (exact) mass is 253 g/mol. The van der Waals surface area contributed by atoms with Gasteiger partial charge in [-0.3, -0.25) is 0 Å². The number of aliphatic hydroxyl groups excluding tert-OH is 1. The van der Waals surface area contributed by atoms with E-state index in [4.69, 9.17) is 15.6 Å². The molecule has 1 atom stereocenters. The third kappa shape index (κ3) is 4.41. The molecule has 0 radical (unpaired) electrons. The van der Waals surface area contributed by atoms with Crippen molar-refractivity contribution in [3.05, 3.63) is 12.1 Å². The van der Waals surface area contributed by atoms with Crippen molar-refractivity contribution in [2.75, 3.05) is 17.7 Å². The van der Waals surface area contributed by atoms with Gasteiger partial charge in [0, 0.05) is 12.6 Å². The van der Waals surface area contributed by atoms with Crippen LogP contribution in [0.15, 0.2) is 12.1 Å². The van der Waals surface area contributed by atoms with E-state index in [1.165, 1.54) is 0 Å². The molecule has 1 unspecified atom stereocenters. The van der Waals surface area contributed by atoms with Gasteiger partial charge in [-0.1, -0.05) is 6.92 Å². The number of rotatable bonds is 7. The smallest absolute Gasteiger partial charge is 0.239 e. The van der Waals surface area contributed by atoms with Crippen molar-refractivity contribution in [3.63, 3.8) is 0 Å². The molecule has 0 aromatic carbocycles. The van der Waals surface area contributed by atoms with E-state index in [-0.39, 0.29) is 18.8 Å². The van der Waals surface area contributed by atoms with Gasteiger partial charge in [-0.05, 0) is 38.8 Å². The fourth-order valence-electron chi connectivity index (χ4n) is 1.59. The van der Waals surface area contributed by atoms with Crippen LogP contribution in [0.1, 0.15) is 33.6 Å². The third-order valence-corrected chi connectivity index (χ3v) is 2.56. The molecule has 18 heavy (non-hydrogen) atoms. The Labute approximate surface area is 108 Å². The number of nitrogens with one attached hydrogen (secondary N) is 1. The number of hydrogen-bond acceptors (Lipinski definition) is 5. The number of nitrogens with two attached hydrogens (primary N) is 1. The number of ether oxygens (including phenoxy) is 1. The second kappa shape index (κ2) is 7.06. The van der Waals surface area contributed by atoms with Crippen molar-refractivity contribution in [2.24, 2.45) is 0 Å². The lowest BCUT2D eigenvalue weighted by atomic mass is 10.1. The average molecular weight is 253 g/mol. The minimum Gasteiger partial charge on any atom is -0.473 e. The van der Waals surface area contributed by atoms with E-state index in [1.807, 2.05) is 19.9 Å². The maximum atomic E-state index is 8.96. The molecule has 0 saturated heterocycles. The fourth-order valence-corrected chi connectivity index (χ4v) is 1.59. The van der Waals surface area contributed by atoms with Crippen LogP contribution in [0.25, 0.3) is 0 Å². The van der Waals surface area contributed by atoms with Crippen LogP contribution in [0, 0.1) is 0 Å². The molecule has 5 heteroatoms. The quantitative estimate of drug-likeness (QED) is 0.692. The Hall–Kier alpha value is -1.49. The van der Waals surface area contributed by atoms with Gasteiger partial charge in [0.15, 0.2) is 0 Å². The Morgan fingerprint density at radius 3 is 2.72 bits per heavy atom. The molecule has 0 aliphatic heterocycles. The molecule has 0 bridgehead atoms. The molecule has 0 fully saturated rings. The number of aromatic nitrogens is 1. The maximum absolute atomic E-state index is 8.96. The summed E-state index contributed by atoms with van der Waals surface area (Å²) in [7, 11) is 0. The molecule has 0 saturated carbocycles. The first kappa shape index (κ1) is 14.6. The lowest BCUT2D eigenvalue weighted by Crippen LogP contribution is -2.21. The summed E-state index contributed by atoms with van der Waals surface area (Å²) in [5.41, 5.74) is 6.34. The van der Waals surface area contributed by atoms with E-state index in [0.29, 0.717) is 18.0 Å². The van der Waals surface area contributed by atoms with Gasteiger partial charge in [0.2, 0.25) is 5.88 Å². The summed E-state index contributed by atoms with van der Waals surface area (Å²) in [6, 6.07) is 3.80. The van der Waals surface area contributed by atoms with Crippen molar-refractivity contribution in [1.29, 1.82) is 0 Å². The van der Waals surface area contributed by atoms with E-state index in [9.17, 15) is 0 Å². The minimum atomic E-state index is 0.0365. The summed E-state index contributed by atoms with van der Waals surface area (Å²) >= 11 is 0. The van der Waals surface area contributed by atoms with E-state index < -0.39 is 0 Å². The number of hydrogen-bond donors (Lipinski definition) is 3. The molecule has 1 rings (SSSR count). The number of pyridine rings is 1. The summed E-state index contributed by atoms with van der Waals surface area (Å²) in [5.74, 6) is 1.18. The zero-order valence-corrected chi connectivity index (χ0v) is 11.3. The highest BCUT2D eigenvalue weighted by Crippen LogP contribution is 2.22. The van der Waals surface area contributed by atoms with E-state index in [0.717, 1.165) is 12.2 Å². The highest BCUT2D eigenvalue weighted by Gasteiger charge is 2.09. The van der Waals surface area contributed by atoms with Crippen molar-refractivity contribution in [3.8, 4) is 5.88 Å². The summed E-state index contributed by atoms with van der Waals surface area (Å²) < 4.78 is 5.54. The van der Waals surface area contributed by atoms with Crippen molar-refractivity contribution >= 4 is 11.5 Å². The Morgan fingerprint density at radius 1 is 1.44 bits per heavy atom. The number of anilines is 2. The Morgan fingerprint density at radius 2 is 2.17 bits per heavy atom. The van der Waals surface area contributed by atoms with Gasteiger partial charge >= 0.3 is 0 Å². The third-order valence-electron chi connectivity index (χ3n) is 2.56. The number of nitrogen functional groups attached to an aromatic ring is 1. The molecule has 5 nitrogen and oxygen atoms in total. The van der Waals surface area contributed by atoms with Crippen molar-refractivity contribution < 1.29 is 9.84 Å². The lowest BCUT2D eigenvalue weighted by molar-refractivity contribution is 0.234. The maximum Gasteiger partial charge on any atom is 0.239 e. The van der Waals surface area contributed by atoms with E-state index in [2.05, 4.69) is 17.2 Å². The van der Waals surface area contributed by atoms with Crippen molar-refractivity contribution in [2.45, 2.75) is 45.8 Å². The number of aliphatic hydroxyl groups is 1. The fraction of sp³-hybridized carbons (Fsp3) is 0.615. The standard InChI is InChI=1S/C13H23N3O2/c1-4-10(7-8-17)15-12-6-5-11(14)13(16-12)18-9(2)3/h5-6,9-10,17H,4,7-8,14H2,1-3H3,(H,15,16). The van der Waals surface area contributed by atoms with E-state index >= 15 is 0 Å². The molecule has 1 aromatic rings. The average Bonchev–Trinajstić information content (AvgIpc) is 2.32. The Balaban J connectivity index is 2.77. The minimum absolute atomic E-state index is 0.0365. The first-order chi connectivity index (χ1) is 8.56. The zero-order chi connectivity index (χ0) is 13.5. The topological polar surface area (TPSA) is 80.4 Å². The predicted octanol–water partition coefficient (Wildman–Crippen LogP) is 2.02. The van der Waals surface area contributed by atoms with Crippen molar-refractivity contribution in [1.82, 2.24) is 4.98 Å². The van der Waals surface area contributed by atoms with Crippen LogP contribution in [-0.2, 0) is 0 Å². The molecule has 0 aliphatic rings. The molecular weight excluding hydrogens is 230 g/mol. The number of nitrogens with zero attached hydrogens (tertiary/aromatic N) is 1. The summed E-state index contributed by atoms with van der Waals surface area (Å²) in [6.45, 7) is 6.09. The van der Waals surface area contributed by atoms with Gasteiger partial charge in [-0.15, -0.1) is 0 Å². The predicted molar refractivity (Wildman–Crippen MR) is 73.8 cm³/mol. The molecule has 4 N–H and O–H groups in total. The molecule has 0 amide bonds. The van der Waals surface area contributed by atoms with E-state index in [1.54, 1.807) is 6.07 Å². The van der Waals surface area contributed by atoms with Crippen LogP contribution in [0.2, 0.25) is 0 Å². The molecule has 0 aliphatic carbocycles. The first-order valence-electron chi connectivity index (χ1n) is 6.37. The molecule has 102 valence electrons. The molecule has 1 heterocycles. The van der Waals surface area contributed by atoms with Gasteiger partial charge in [-0.2, -0.15) is 4.98 Å². The second-order valence-corrected chi connectivity index (χ2v) is 4.52. The SMILES string of the molecule is CCC(CCO)Nc1ccc(N)c(OC(C)C)n1. The Kier molecular flexibility index (Phi) is 5.71. The highest BCUT2D eigenvalue weighted by atomic mass is 16.5. The van der Waals surface area contributed by atoms with Gasteiger partial charge in [-0.25, -0.2) is 0 Å². The van der Waals surface area contributed by atoms with Crippen LogP contribution in [0.5, 0.6) is 5.88 Å². The zero-order valence-electron chi connectivity index (χ0n) is 11.3. The molecule has 1 aromatic heterocycles. The van der Waals surface area contributed by atoms with Gasteiger partial charge in [0.1, 0.15) is 5.82 Å².